The van der Waals surface area contributed by atoms with Gasteiger partial charge in [0.05, 0.1) is 5.75 Å². The molecular formula is C18H26N2O3S. The second-order valence-corrected chi connectivity index (χ2v) is 9.15. The first-order valence-electron chi connectivity index (χ1n) is 8.73. The van der Waals surface area contributed by atoms with Crippen LogP contribution in [0.25, 0.3) is 0 Å². The maximum Gasteiger partial charge on any atom is 0.223 e. The summed E-state index contributed by atoms with van der Waals surface area (Å²) in [6.07, 6.45) is 5.07. The maximum absolute atomic E-state index is 12.5. The van der Waals surface area contributed by atoms with Gasteiger partial charge in [-0.1, -0.05) is 43.2 Å². The maximum atomic E-state index is 12.5. The lowest BCUT2D eigenvalue weighted by Gasteiger charge is -2.25. The van der Waals surface area contributed by atoms with Crippen LogP contribution in [0.15, 0.2) is 30.3 Å². The monoisotopic (exact) mass is 350 g/mol. The zero-order valence-electron chi connectivity index (χ0n) is 14.2. The molecule has 132 valence electrons. The van der Waals surface area contributed by atoms with E-state index < -0.39 is 10.0 Å². The number of benzene rings is 1. The molecule has 5 nitrogen and oxygen atoms in total. The average molecular weight is 350 g/mol. The van der Waals surface area contributed by atoms with E-state index in [2.05, 4.69) is 0 Å². The molecule has 0 N–H and O–H groups in total. The van der Waals surface area contributed by atoms with Crippen LogP contribution in [0.2, 0.25) is 0 Å². The Hall–Kier alpha value is -1.40. The van der Waals surface area contributed by atoms with Gasteiger partial charge in [-0.15, -0.1) is 0 Å². The molecule has 1 aliphatic carbocycles. The first kappa shape index (κ1) is 17.4. The Morgan fingerprint density at radius 3 is 2.50 bits per heavy atom. The summed E-state index contributed by atoms with van der Waals surface area (Å²) in [7, 11) is -1.73. The van der Waals surface area contributed by atoms with Crippen molar-refractivity contribution in [2.75, 3.05) is 20.1 Å². The number of rotatable bonds is 6. The molecular weight excluding hydrogens is 324 g/mol. The summed E-state index contributed by atoms with van der Waals surface area (Å²) in [5, 5.41) is 0. The average Bonchev–Trinajstić information content (AvgIpc) is 3.17. The number of sulfonamides is 1. The van der Waals surface area contributed by atoms with Gasteiger partial charge in [0.1, 0.15) is 0 Å². The molecule has 1 amide bonds. The Balaban J connectivity index is 1.58. The van der Waals surface area contributed by atoms with Crippen molar-refractivity contribution in [3.63, 3.8) is 0 Å². The molecule has 2 aliphatic rings. The number of nitrogens with zero attached hydrogens (tertiary/aromatic N) is 2. The molecule has 6 heteroatoms. The van der Waals surface area contributed by atoms with E-state index in [9.17, 15) is 13.2 Å². The van der Waals surface area contributed by atoms with Crippen LogP contribution in [0, 0.1) is 5.92 Å². The highest BCUT2D eigenvalue weighted by atomic mass is 32.2. The minimum atomic E-state index is -3.35. The fourth-order valence-corrected chi connectivity index (χ4v) is 5.14. The molecule has 1 unspecified atom stereocenters. The topological polar surface area (TPSA) is 57.7 Å². The van der Waals surface area contributed by atoms with Crippen molar-refractivity contribution in [3.05, 3.63) is 35.9 Å². The van der Waals surface area contributed by atoms with Crippen LogP contribution in [0.3, 0.4) is 0 Å². The van der Waals surface area contributed by atoms with Gasteiger partial charge in [0.15, 0.2) is 0 Å². The number of hydrogen-bond donors (Lipinski definition) is 0. The molecule has 0 radical (unpaired) electrons. The van der Waals surface area contributed by atoms with Crippen molar-refractivity contribution in [2.45, 2.75) is 43.9 Å². The van der Waals surface area contributed by atoms with Gasteiger partial charge < -0.3 is 4.90 Å². The van der Waals surface area contributed by atoms with Gasteiger partial charge in [0, 0.05) is 32.6 Å². The van der Waals surface area contributed by atoms with Crippen molar-refractivity contribution in [3.8, 4) is 0 Å². The van der Waals surface area contributed by atoms with Crippen molar-refractivity contribution >= 4 is 15.9 Å². The SMILES string of the molecule is CN(CC1CC(=O)N(C2CCCC2)C1)S(=O)(=O)Cc1ccccc1. The summed E-state index contributed by atoms with van der Waals surface area (Å²) in [6, 6.07) is 9.61. The van der Waals surface area contributed by atoms with Crippen LogP contribution in [0.4, 0.5) is 0 Å². The molecule has 1 heterocycles. The minimum absolute atomic E-state index is 0.0113. The van der Waals surface area contributed by atoms with Crippen LogP contribution in [0.1, 0.15) is 37.7 Å². The molecule has 24 heavy (non-hydrogen) atoms. The molecule has 0 aromatic heterocycles. The Kier molecular flexibility index (Phi) is 5.25. The number of hydrogen-bond acceptors (Lipinski definition) is 3. The zero-order valence-corrected chi connectivity index (χ0v) is 15.0. The Morgan fingerprint density at radius 1 is 1.17 bits per heavy atom. The first-order valence-corrected chi connectivity index (χ1v) is 10.3. The van der Waals surface area contributed by atoms with Gasteiger partial charge in [0.25, 0.3) is 0 Å². The highest BCUT2D eigenvalue weighted by Gasteiger charge is 2.36. The summed E-state index contributed by atoms with van der Waals surface area (Å²) >= 11 is 0. The molecule has 3 rings (SSSR count). The molecule has 1 aromatic rings. The molecule has 2 fully saturated rings. The van der Waals surface area contributed by atoms with E-state index in [1.54, 1.807) is 7.05 Å². The summed E-state index contributed by atoms with van der Waals surface area (Å²) in [5.41, 5.74) is 0.791. The number of carbonyl (C=O) groups is 1. The summed E-state index contributed by atoms with van der Waals surface area (Å²) in [6.45, 7) is 1.12. The van der Waals surface area contributed by atoms with Crippen LogP contribution in [-0.2, 0) is 20.6 Å². The third kappa shape index (κ3) is 3.98. The van der Waals surface area contributed by atoms with Crippen LogP contribution in [0.5, 0.6) is 0 Å². The lowest BCUT2D eigenvalue weighted by atomic mass is 10.1. The second kappa shape index (κ2) is 7.23. The quantitative estimate of drug-likeness (QED) is 0.791. The minimum Gasteiger partial charge on any atom is -0.339 e. The van der Waals surface area contributed by atoms with Crippen molar-refractivity contribution in [1.82, 2.24) is 9.21 Å². The van der Waals surface area contributed by atoms with E-state index in [4.69, 9.17) is 0 Å². The van der Waals surface area contributed by atoms with Crippen LogP contribution < -0.4 is 0 Å². The highest BCUT2D eigenvalue weighted by molar-refractivity contribution is 7.88. The summed E-state index contributed by atoms with van der Waals surface area (Å²) in [4.78, 5) is 14.2. The fraction of sp³-hybridized carbons (Fsp3) is 0.611. The molecule has 1 saturated carbocycles. The van der Waals surface area contributed by atoms with E-state index in [-0.39, 0.29) is 17.6 Å². The van der Waals surface area contributed by atoms with E-state index in [0.717, 1.165) is 18.4 Å². The van der Waals surface area contributed by atoms with Gasteiger partial charge >= 0.3 is 0 Å². The van der Waals surface area contributed by atoms with Gasteiger partial charge in [-0.2, -0.15) is 0 Å². The van der Waals surface area contributed by atoms with Gasteiger partial charge in [0.2, 0.25) is 15.9 Å². The highest BCUT2D eigenvalue weighted by Crippen LogP contribution is 2.30. The summed E-state index contributed by atoms with van der Waals surface area (Å²) < 4.78 is 26.5. The smallest absolute Gasteiger partial charge is 0.223 e. The van der Waals surface area contributed by atoms with E-state index in [0.29, 0.717) is 25.6 Å². The van der Waals surface area contributed by atoms with E-state index >= 15 is 0 Å². The number of carbonyl (C=O) groups excluding carboxylic acids is 1. The Bertz CT molecular complexity index is 669. The zero-order chi connectivity index (χ0) is 17.2. The lowest BCUT2D eigenvalue weighted by Crippen LogP contribution is -2.36. The largest absolute Gasteiger partial charge is 0.339 e. The van der Waals surface area contributed by atoms with Gasteiger partial charge in [-0.25, -0.2) is 12.7 Å². The molecule has 1 atom stereocenters. The number of amides is 1. The van der Waals surface area contributed by atoms with Gasteiger partial charge in [-0.05, 0) is 24.3 Å². The number of likely N-dealkylation sites (tertiary alicyclic amines) is 1. The third-order valence-electron chi connectivity index (χ3n) is 5.19. The van der Waals surface area contributed by atoms with E-state index in [1.165, 1.54) is 17.1 Å². The molecule has 0 spiro atoms. The van der Waals surface area contributed by atoms with E-state index in [1.807, 2.05) is 35.2 Å². The van der Waals surface area contributed by atoms with Crippen molar-refractivity contribution < 1.29 is 13.2 Å². The second-order valence-electron chi connectivity index (χ2n) is 7.08. The fourth-order valence-electron chi connectivity index (χ4n) is 3.87. The Morgan fingerprint density at radius 2 is 1.83 bits per heavy atom. The van der Waals surface area contributed by atoms with Gasteiger partial charge in [-0.3, -0.25) is 4.79 Å². The van der Waals surface area contributed by atoms with Crippen molar-refractivity contribution in [2.24, 2.45) is 5.92 Å². The first-order chi connectivity index (χ1) is 11.5. The Labute approximate surface area is 144 Å². The summed E-state index contributed by atoms with van der Waals surface area (Å²) in [5.74, 6) is 0.312. The van der Waals surface area contributed by atoms with Crippen molar-refractivity contribution in [1.29, 1.82) is 0 Å². The standard InChI is InChI=1S/C18H26N2O3S/c1-19(24(22,23)14-15-7-3-2-4-8-15)12-16-11-18(21)20(13-16)17-9-5-6-10-17/h2-4,7-8,16-17H,5-6,9-14H2,1H3. The van der Waals surface area contributed by atoms with Crippen LogP contribution >= 0.6 is 0 Å². The lowest BCUT2D eigenvalue weighted by molar-refractivity contribution is -0.129. The third-order valence-corrected chi connectivity index (χ3v) is 6.98. The normalized spacial score (nSPS) is 22.7. The molecule has 1 saturated heterocycles. The molecule has 1 aromatic carbocycles. The molecule has 0 bridgehead atoms. The molecule has 1 aliphatic heterocycles. The predicted octanol–water partition coefficient (Wildman–Crippen LogP) is 2.24. The predicted molar refractivity (Wildman–Crippen MR) is 93.8 cm³/mol. The van der Waals surface area contributed by atoms with Crippen LogP contribution in [-0.4, -0.2) is 49.7 Å².